The summed E-state index contributed by atoms with van der Waals surface area (Å²) in [6.45, 7) is -1.07. The first kappa shape index (κ1) is 5.74. The predicted octanol–water partition coefficient (Wildman–Crippen LogP) is 0.927. The summed E-state index contributed by atoms with van der Waals surface area (Å²) in [5.41, 5.74) is 0.852. The Kier molecular flexibility index (Phi) is 1.85. The van der Waals surface area contributed by atoms with Gasteiger partial charge in [-0.3, -0.25) is 0 Å². The number of rotatable bonds is 2. The molecule has 0 spiro atoms. The molecule has 0 amide bonds. The van der Waals surface area contributed by atoms with Crippen LogP contribution in [-0.4, -0.2) is 16.8 Å². The highest BCUT2D eigenvalue weighted by molar-refractivity contribution is 5.25. The monoisotopic (exact) mass is 139 g/mol. The number of phenolic OH excluding ortho intramolecular Hbond substituents is 1. The van der Waals surface area contributed by atoms with Gasteiger partial charge in [0.2, 0.25) is 0 Å². The Morgan fingerprint density at radius 1 is 1.30 bits per heavy atom. The summed E-state index contributed by atoms with van der Waals surface area (Å²) >= 11 is 0. The summed E-state index contributed by atoms with van der Waals surface area (Å²) in [6, 6.07) is 6.45. The summed E-state index contributed by atoms with van der Waals surface area (Å²) in [7, 11) is 0. The van der Waals surface area contributed by atoms with Crippen LogP contribution >= 0.6 is 0 Å². The highest BCUT2D eigenvalue weighted by Gasteiger charge is 1.90. The molecule has 0 saturated heterocycles. The van der Waals surface area contributed by atoms with Crippen LogP contribution in [0.5, 0.6) is 5.75 Å². The predicted molar refractivity (Wildman–Crippen MR) is 38.9 cm³/mol. The number of hydrogen-bond donors (Lipinski definition) is 2. The normalized spacial score (nSPS) is 14.3. The van der Waals surface area contributed by atoms with Gasteiger partial charge in [-0.1, -0.05) is 12.1 Å². The van der Waals surface area contributed by atoms with E-state index in [4.69, 9.17) is 11.6 Å². The molecule has 1 unspecified atom stereocenters. The van der Waals surface area contributed by atoms with Crippen molar-refractivity contribution in [1.29, 1.82) is 0 Å². The molecule has 0 radical (unpaired) electrons. The number of phenols is 1. The molecule has 0 aliphatic heterocycles. The molecule has 54 valence electrons. The van der Waals surface area contributed by atoms with Crippen molar-refractivity contribution in [1.82, 2.24) is 0 Å². The Bertz CT molecular complexity index is 218. The molecule has 2 N–H and O–H groups in total. The SMILES string of the molecule is [2H]C(O)Cc1ccc(O)cc1. The molecule has 0 bridgehead atoms. The van der Waals surface area contributed by atoms with Crippen LogP contribution in [0.3, 0.4) is 0 Å². The smallest absolute Gasteiger partial charge is 0.115 e. The Hall–Kier alpha value is -1.02. The van der Waals surface area contributed by atoms with Crippen molar-refractivity contribution < 1.29 is 11.6 Å². The molecule has 1 aromatic carbocycles. The molecular formula is C8H10O2. The van der Waals surface area contributed by atoms with E-state index in [-0.39, 0.29) is 5.75 Å². The molecule has 1 atom stereocenters. The Morgan fingerprint density at radius 3 is 2.40 bits per heavy atom. The molecule has 1 rings (SSSR count). The zero-order valence-electron chi connectivity index (χ0n) is 6.49. The van der Waals surface area contributed by atoms with Crippen molar-refractivity contribution in [3.63, 3.8) is 0 Å². The zero-order valence-corrected chi connectivity index (χ0v) is 5.49. The van der Waals surface area contributed by atoms with Crippen LogP contribution in [0.1, 0.15) is 6.93 Å². The maximum atomic E-state index is 8.88. The van der Waals surface area contributed by atoms with Gasteiger partial charge in [-0.15, -0.1) is 0 Å². The van der Waals surface area contributed by atoms with Gasteiger partial charge in [0.1, 0.15) is 5.75 Å². The summed E-state index contributed by atoms with van der Waals surface area (Å²) in [4.78, 5) is 0. The lowest BCUT2D eigenvalue weighted by atomic mass is 10.2. The van der Waals surface area contributed by atoms with Crippen molar-refractivity contribution in [3.05, 3.63) is 29.8 Å². The van der Waals surface area contributed by atoms with Gasteiger partial charge in [0.05, 0.1) is 1.37 Å². The molecule has 0 fully saturated rings. The minimum atomic E-state index is -1.07. The molecule has 0 aromatic heterocycles. The topological polar surface area (TPSA) is 40.5 Å². The molecule has 2 nitrogen and oxygen atoms in total. The lowest BCUT2D eigenvalue weighted by Gasteiger charge is -1.96. The lowest BCUT2D eigenvalue weighted by Crippen LogP contribution is -1.88. The summed E-state index contributed by atoms with van der Waals surface area (Å²) < 4.78 is 6.86. The third kappa shape index (κ3) is 1.74. The Balaban J connectivity index is 2.66. The van der Waals surface area contributed by atoms with Crippen molar-refractivity contribution in [3.8, 4) is 5.75 Å². The second-order valence-corrected chi connectivity index (χ2v) is 2.05. The van der Waals surface area contributed by atoms with Crippen molar-refractivity contribution in [2.24, 2.45) is 0 Å². The van der Waals surface area contributed by atoms with Crippen LogP contribution < -0.4 is 0 Å². The number of hydrogen-bond acceptors (Lipinski definition) is 2. The van der Waals surface area contributed by atoms with E-state index >= 15 is 0 Å². The zero-order chi connectivity index (χ0) is 8.27. The molecule has 0 heterocycles. The van der Waals surface area contributed by atoms with Crippen LogP contribution in [0, 0.1) is 0 Å². The minimum Gasteiger partial charge on any atom is -0.508 e. The van der Waals surface area contributed by atoms with E-state index in [0.29, 0.717) is 6.42 Å². The van der Waals surface area contributed by atoms with E-state index in [1.54, 1.807) is 12.1 Å². The number of aromatic hydroxyl groups is 1. The van der Waals surface area contributed by atoms with E-state index in [1.165, 1.54) is 12.1 Å². The highest BCUT2D eigenvalue weighted by atomic mass is 16.3. The third-order valence-electron chi connectivity index (χ3n) is 1.26. The van der Waals surface area contributed by atoms with E-state index < -0.39 is 6.58 Å². The quantitative estimate of drug-likeness (QED) is 0.639. The Labute approximate surface area is 61.2 Å². The third-order valence-corrected chi connectivity index (χ3v) is 1.26. The summed E-state index contributed by atoms with van der Waals surface area (Å²) in [6.07, 6.45) is 0.306. The molecule has 0 saturated carbocycles. The molecule has 2 heteroatoms. The van der Waals surface area contributed by atoms with E-state index in [9.17, 15) is 0 Å². The average molecular weight is 139 g/mol. The summed E-state index contributed by atoms with van der Waals surface area (Å²) in [5.74, 6) is 0.202. The van der Waals surface area contributed by atoms with Gasteiger partial charge < -0.3 is 10.2 Å². The molecule has 0 aliphatic rings. The second-order valence-electron chi connectivity index (χ2n) is 2.05. The maximum absolute atomic E-state index is 8.88. The van der Waals surface area contributed by atoms with Gasteiger partial charge in [0.25, 0.3) is 0 Å². The van der Waals surface area contributed by atoms with E-state index in [0.717, 1.165) is 5.56 Å². The lowest BCUT2D eigenvalue weighted by molar-refractivity contribution is 0.299. The van der Waals surface area contributed by atoms with Crippen molar-refractivity contribution in [2.45, 2.75) is 6.42 Å². The molecule has 10 heavy (non-hydrogen) atoms. The van der Waals surface area contributed by atoms with Gasteiger partial charge in [0.15, 0.2) is 0 Å². The fourth-order valence-corrected chi connectivity index (χ4v) is 0.737. The first-order chi connectivity index (χ1) is 5.18. The standard InChI is InChI=1S/C8H10O2/c9-6-5-7-1-3-8(10)4-2-7/h1-4,9-10H,5-6H2/i6D. The van der Waals surface area contributed by atoms with Gasteiger partial charge >= 0.3 is 0 Å². The van der Waals surface area contributed by atoms with Crippen LogP contribution in [0.25, 0.3) is 0 Å². The van der Waals surface area contributed by atoms with E-state index in [1.807, 2.05) is 0 Å². The first-order valence-corrected chi connectivity index (χ1v) is 3.06. The van der Waals surface area contributed by atoms with Crippen molar-refractivity contribution in [2.75, 3.05) is 6.58 Å². The van der Waals surface area contributed by atoms with E-state index in [2.05, 4.69) is 0 Å². The fourth-order valence-electron chi connectivity index (χ4n) is 0.737. The van der Waals surface area contributed by atoms with Crippen LogP contribution in [-0.2, 0) is 6.42 Å². The minimum absolute atomic E-state index is 0.202. The highest BCUT2D eigenvalue weighted by Crippen LogP contribution is 2.09. The molecular weight excluding hydrogens is 128 g/mol. The van der Waals surface area contributed by atoms with Crippen LogP contribution in [0.2, 0.25) is 0 Å². The van der Waals surface area contributed by atoms with Crippen LogP contribution in [0.4, 0.5) is 0 Å². The van der Waals surface area contributed by atoms with Crippen molar-refractivity contribution >= 4 is 0 Å². The van der Waals surface area contributed by atoms with Gasteiger partial charge in [-0.05, 0) is 24.1 Å². The second kappa shape index (κ2) is 3.22. The van der Waals surface area contributed by atoms with Gasteiger partial charge in [-0.25, -0.2) is 0 Å². The number of aliphatic hydroxyl groups is 1. The number of aliphatic hydroxyl groups excluding tert-OH is 1. The number of aryl methyl sites for hydroxylation is 1. The first-order valence-electron chi connectivity index (χ1n) is 3.64. The largest absolute Gasteiger partial charge is 0.508 e. The van der Waals surface area contributed by atoms with Gasteiger partial charge in [-0.2, -0.15) is 0 Å². The molecule has 0 aliphatic carbocycles. The van der Waals surface area contributed by atoms with Crippen LogP contribution in [0.15, 0.2) is 24.3 Å². The summed E-state index contributed by atoms with van der Waals surface area (Å²) in [5, 5.41) is 17.6. The maximum Gasteiger partial charge on any atom is 0.115 e. The Morgan fingerprint density at radius 2 is 1.90 bits per heavy atom. The number of benzene rings is 1. The van der Waals surface area contributed by atoms with Gasteiger partial charge in [0, 0.05) is 6.58 Å². The fraction of sp³-hybridized carbons (Fsp3) is 0.250. The molecule has 1 aromatic rings. The average Bonchev–Trinajstić information content (AvgIpc) is 1.93.